The van der Waals surface area contributed by atoms with Gasteiger partial charge in [-0.1, -0.05) is 0 Å². The molecule has 0 aromatic carbocycles. The highest BCUT2D eigenvalue weighted by Crippen LogP contribution is 1.89. The normalized spacial score (nSPS) is 10.1. The third-order valence-corrected chi connectivity index (χ3v) is 0.621. The average molecular weight is 133 g/mol. The number of rotatable bonds is 2. The molecule has 49 valence electrons. The minimum atomic E-state index is -2.83. The lowest BCUT2D eigenvalue weighted by Gasteiger charge is -1.99. The van der Waals surface area contributed by atoms with Crippen LogP contribution in [-0.4, -0.2) is 16.6 Å². The molecule has 9 heavy (non-hydrogen) atoms. The summed E-state index contributed by atoms with van der Waals surface area (Å²) in [5, 5.41) is 3.25. The molecule has 0 saturated carbocycles. The van der Waals surface area contributed by atoms with Crippen molar-refractivity contribution >= 4 is 0 Å². The fraction of sp³-hybridized carbons (Fsp3) is 0.250. The van der Waals surface area contributed by atoms with Crippen LogP contribution in [0.2, 0.25) is 0 Å². The Morgan fingerprint density at radius 2 is 2.44 bits per heavy atom. The molecule has 0 atom stereocenters. The first-order valence-electron chi connectivity index (χ1n) is 2.16. The minimum absolute atomic E-state index is 0.644. The average Bonchev–Trinajstić information content (AvgIpc) is 2.15. The minimum Gasteiger partial charge on any atom is -0.327 e. The van der Waals surface area contributed by atoms with Gasteiger partial charge in [0.2, 0.25) is 0 Å². The van der Waals surface area contributed by atoms with Crippen LogP contribution in [0.4, 0.5) is 8.78 Å². The van der Waals surface area contributed by atoms with Gasteiger partial charge in [0, 0.05) is 0 Å². The van der Waals surface area contributed by atoms with E-state index in [0.29, 0.717) is 4.85 Å². The molecule has 0 spiro atoms. The Morgan fingerprint density at radius 3 is 2.89 bits per heavy atom. The topological polar surface area (TPSA) is 27.1 Å². The van der Waals surface area contributed by atoms with Crippen LogP contribution >= 0.6 is 0 Å². The molecular formula is C4H3F2N2O. The maximum absolute atomic E-state index is 11.3. The zero-order valence-corrected chi connectivity index (χ0v) is 4.29. The van der Waals surface area contributed by atoms with Gasteiger partial charge >= 0.3 is 6.61 Å². The van der Waals surface area contributed by atoms with Crippen molar-refractivity contribution in [2.75, 3.05) is 0 Å². The first-order valence-corrected chi connectivity index (χ1v) is 2.16. The number of aromatic nitrogens is 2. The first-order chi connectivity index (χ1) is 4.29. The van der Waals surface area contributed by atoms with E-state index < -0.39 is 6.61 Å². The number of nitrogens with zero attached hydrogens (tertiary/aromatic N) is 2. The highest BCUT2D eigenvalue weighted by atomic mass is 19.3. The second-order valence-corrected chi connectivity index (χ2v) is 1.21. The van der Waals surface area contributed by atoms with E-state index in [2.05, 4.69) is 16.1 Å². The van der Waals surface area contributed by atoms with E-state index in [1.54, 1.807) is 0 Å². The van der Waals surface area contributed by atoms with Crippen LogP contribution in [0.15, 0.2) is 12.3 Å². The van der Waals surface area contributed by atoms with Crippen LogP contribution < -0.4 is 4.84 Å². The van der Waals surface area contributed by atoms with Gasteiger partial charge in [-0.15, -0.1) is 9.94 Å². The zero-order valence-electron chi connectivity index (χ0n) is 4.29. The van der Waals surface area contributed by atoms with Gasteiger partial charge in [-0.05, 0) is 6.07 Å². The summed E-state index contributed by atoms with van der Waals surface area (Å²) >= 11 is 0. The summed E-state index contributed by atoms with van der Waals surface area (Å²) < 4.78 is 22.6. The van der Waals surface area contributed by atoms with E-state index >= 15 is 0 Å². The molecule has 0 aliphatic rings. The number of alkyl halides is 2. The maximum atomic E-state index is 11.3. The molecule has 0 saturated heterocycles. The molecule has 1 heterocycles. The molecule has 0 N–H and O–H groups in total. The van der Waals surface area contributed by atoms with E-state index in [4.69, 9.17) is 0 Å². The molecule has 1 aromatic heterocycles. The molecule has 0 amide bonds. The van der Waals surface area contributed by atoms with Gasteiger partial charge in [0.25, 0.3) is 0 Å². The quantitative estimate of drug-likeness (QED) is 0.581. The molecule has 0 bridgehead atoms. The van der Waals surface area contributed by atoms with Gasteiger partial charge in [-0.2, -0.15) is 8.78 Å². The Bertz CT molecular complexity index is 163. The Kier molecular flexibility index (Phi) is 1.62. The fourth-order valence-corrected chi connectivity index (χ4v) is 0.361. The summed E-state index contributed by atoms with van der Waals surface area (Å²) in [6.07, 6.45) is 3.52. The van der Waals surface area contributed by atoms with Gasteiger partial charge in [0.1, 0.15) is 6.20 Å². The SMILES string of the molecule is FC(F)On1cc[c]n1. The predicted molar refractivity (Wildman–Crippen MR) is 23.6 cm³/mol. The lowest BCUT2D eigenvalue weighted by atomic mass is 10.8. The van der Waals surface area contributed by atoms with E-state index in [-0.39, 0.29) is 0 Å². The van der Waals surface area contributed by atoms with Crippen molar-refractivity contribution in [3.05, 3.63) is 18.5 Å². The molecule has 5 heteroatoms. The summed E-state index contributed by atoms with van der Waals surface area (Å²) in [6, 6.07) is 1.36. The van der Waals surface area contributed by atoms with Gasteiger partial charge in [0.05, 0.1) is 6.20 Å². The highest BCUT2D eigenvalue weighted by molar-refractivity contribution is 4.72. The third-order valence-electron chi connectivity index (χ3n) is 0.621. The van der Waals surface area contributed by atoms with Crippen molar-refractivity contribution < 1.29 is 13.6 Å². The second-order valence-electron chi connectivity index (χ2n) is 1.21. The molecule has 1 rings (SSSR count). The Balaban J connectivity index is 2.48. The summed E-state index contributed by atoms with van der Waals surface area (Å²) in [5.41, 5.74) is 0. The second kappa shape index (κ2) is 2.43. The molecule has 1 radical (unpaired) electrons. The smallest absolute Gasteiger partial charge is 0.327 e. The molecule has 1 aromatic rings. The number of hydrogen-bond acceptors (Lipinski definition) is 2. The largest absolute Gasteiger partial charge is 0.407 e. The van der Waals surface area contributed by atoms with Gasteiger partial charge in [-0.3, -0.25) is 0 Å². The van der Waals surface area contributed by atoms with Crippen molar-refractivity contribution in [1.82, 2.24) is 9.94 Å². The zero-order chi connectivity index (χ0) is 6.69. The van der Waals surface area contributed by atoms with Crippen LogP contribution in [0.25, 0.3) is 0 Å². The summed E-state index contributed by atoms with van der Waals surface area (Å²) in [5.74, 6) is 0. The van der Waals surface area contributed by atoms with Crippen molar-refractivity contribution in [3.63, 3.8) is 0 Å². The van der Waals surface area contributed by atoms with Crippen molar-refractivity contribution in [2.24, 2.45) is 0 Å². The molecule has 3 nitrogen and oxygen atoms in total. The Hall–Kier alpha value is -1.13. The summed E-state index contributed by atoms with van der Waals surface area (Å²) in [4.78, 5) is 4.44. The Morgan fingerprint density at radius 1 is 1.67 bits per heavy atom. The predicted octanol–water partition coefficient (Wildman–Crippen LogP) is 0.334. The first kappa shape index (κ1) is 6.00. The van der Waals surface area contributed by atoms with Crippen LogP contribution in [-0.2, 0) is 0 Å². The third kappa shape index (κ3) is 1.67. The summed E-state index contributed by atoms with van der Waals surface area (Å²) in [7, 11) is 0. The summed E-state index contributed by atoms with van der Waals surface area (Å²) in [6.45, 7) is -2.83. The van der Waals surface area contributed by atoms with Crippen LogP contribution in [0.5, 0.6) is 0 Å². The highest BCUT2D eigenvalue weighted by Gasteiger charge is 2.01. The molecule has 0 aliphatic heterocycles. The number of hydrogen-bond donors (Lipinski definition) is 0. The van der Waals surface area contributed by atoms with Crippen molar-refractivity contribution in [3.8, 4) is 0 Å². The van der Waals surface area contributed by atoms with E-state index in [0.717, 1.165) is 0 Å². The van der Waals surface area contributed by atoms with E-state index in [1.165, 1.54) is 12.3 Å². The fourth-order valence-electron chi connectivity index (χ4n) is 0.361. The van der Waals surface area contributed by atoms with Crippen LogP contribution in [0.1, 0.15) is 0 Å². The van der Waals surface area contributed by atoms with E-state index in [9.17, 15) is 8.78 Å². The molecule has 0 unspecified atom stereocenters. The number of halogens is 2. The van der Waals surface area contributed by atoms with Crippen LogP contribution in [0.3, 0.4) is 0 Å². The van der Waals surface area contributed by atoms with Crippen molar-refractivity contribution in [1.29, 1.82) is 0 Å². The molecule has 0 fully saturated rings. The van der Waals surface area contributed by atoms with Gasteiger partial charge < -0.3 is 4.84 Å². The maximum Gasteiger partial charge on any atom is 0.407 e. The van der Waals surface area contributed by atoms with Gasteiger partial charge in [-0.25, -0.2) is 0 Å². The molecule has 0 aliphatic carbocycles. The monoisotopic (exact) mass is 133 g/mol. The van der Waals surface area contributed by atoms with Gasteiger partial charge in [0.15, 0.2) is 0 Å². The standard InChI is InChI=1S/C4H3F2N2O/c5-4(6)9-8-3-1-2-7-8/h1,3-4H. The lowest BCUT2D eigenvalue weighted by molar-refractivity contribution is -0.143. The Labute approximate surface area is 49.8 Å². The van der Waals surface area contributed by atoms with Crippen LogP contribution in [0, 0.1) is 6.20 Å². The van der Waals surface area contributed by atoms with E-state index in [1.807, 2.05) is 0 Å². The lowest BCUT2D eigenvalue weighted by Crippen LogP contribution is -2.16. The van der Waals surface area contributed by atoms with Crippen molar-refractivity contribution in [2.45, 2.75) is 6.61 Å². The molecular weight excluding hydrogens is 130 g/mol.